The van der Waals surface area contributed by atoms with Crippen LogP contribution in [0.5, 0.6) is 0 Å². The van der Waals surface area contributed by atoms with Crippen molar-refractivity contribution in [2.45, 2.75) is 44.6 Å². The Labute approximate surface area is 107 Å². The predicted molar refractivity (Wildman–Crippen MR) is 69.4 cm³/mol. The van der Waals surface area contributed by atoms with Crippen molar-refractivity contribution in [3.8, 4) is 0 Å². The molecule has 1 unspecified atom stereocenters. The third-order valence-electron chi connectivity index (χ3n) is 4.15. The minimum atomic E-state index is 0.553. The van der Waals surface area contributed by atoms with Gasteiger partial charge in [-0.2, -0.15) is 0 Å². The molecule has 2 aliphatic rings. The summed E-state index contributed by atoms with van der Waals surface area (Å²) in [5.41, 5.74) is 0. The molecule has 1 saturated carbocycles. The normalized spacial score (nSPS) is 25.7. The van der Waals surface area contributed by atoms with E-state index in [2.05, 4.69) is 14.9 Å². The van der Waals surface area contributed by atoms with Gasteiger partial charge in [-0.05, 0) is 31.6 Å². The highest BCUT2D eigenvalue weighted by Crippen LogP contribution is 2.38. The quantitative estimate of drug-likeness (QED) is 0.808. The molecule has 1 aliphatic carbocycles. The van der Waals surface area contributed by atoms with Gasteiger partial charge >= 0.3 is 0 Å². The topological polar surface area (TPSA) is 29.0 Å². The third kappa shape index (κ3) is 2.13. The molecular formula is C13H18ClN3. The number of rotatable bonds is 2. The highest BCUT2D eigenvalue weighted by molar-refractivity contribution is 6.31. The average Bonchev–Trinajstić information content (AvgIpc) is 3.00. The summed E-state index contributed by atoms with van der Waals surface area (Å²) in [6, 6.07) is 0.645. The van der Waals surface area contributed by atoms with Gasteiger partial charge in [-0.15, -0.1) is 0 Å². The van der Waals surface area contributed by atoms with Crippen LogP contribution in [0.4, 0.5) is 5.82 Å². The second-order valence-electron chi connectivity index (χ2n) is 5.12. The van der Waals surface area contributed by atoms with Crippen LogP contribution in [0, 0.1) is 5.92 Å². The number of aromatic nitrogens is 2. The molecule has 4 heteroatoms. The summed E-state index contributed by atoms with van der Waals surface area (Å²) in [6.07, 6.45) is 11.5. The van der Waals surface area contributed by atoms with Gasteiger partial charge in [-0.3, -0.25) is 0 Å². The highest BCUT2D eigenvalue weighted by atomic mass is 35.5. The lowest BCUT2D eigenvalue weighted by molar-refractivity contribution is 0.429. The van der Waals surface area contributed by atoms with Crippen molar-refractivity contribution in [1.29, 1.82) is 0 Å². The van der Waals surface area contributed by atoms with Crippen LogP contribution in [0.1, 0.15) is 38.5 Å². The zero-order valence-corrected chi connectivity index (χ0v) is 10.7. The Hall–Kier alpha value is -0.830. The molecule has 1 aliphatic heterocycles. The first kappa shape index (κ1) is 11.3. The maximum atomic E-state index is 6.16. The van der Waals surface area contributed by atoms with Gasteiger partial charge in [0.05, 0.1) is 0 Å². The van der Waals surface area contributed by atoms with E-state index in [1.807, 2.05) is 0 Å². The van der Waals surface area contributed by atoms with Crippen LogP contribution >= 0.6 is 11.6 Å². The molecule has 2 fully saturated rings. The van der Waals surface area contributed by atoms with Gasteiger partial charge in [-0.1, -0.05) is 24.4 Å². The Balaban J connectivity index is 1.84. The second-order valence-corrected chi connectivity index (χ2v) is 5.48. The molecule has 0 N–H and O–H groups in total. The minimum absolute atomic E-state index is 0.553. The van der Waals surface area contributed by atoms with Gasteiger partial charge in [0.25, 0.3) is 0 Å². The Kier molecular flexibility index (Phi) is 3.19. The summed E-state index contributed by atoms with van der Waals surface area (Å²) >= 11 is 6.16. The van der Waals surface area contributed by atoms with Crippen LogP contribution < -0.4 is 4.90 Å². The molecule has 0 spiro atoms. The number of halogens is 1. The summed E-state index contributed by atoms with van der Waals surface area (Å²) < 4.78 is 0. The van der Waals surface area contributed by atoms with Crippen LogP contribution in [0.2, 0.25) is 5.15 Å². The Bertz CT molecular complexity index is 390. The number of nitrogens with zero attached hydrogens (tertiary/aromatic N) is 3. The largest absolute Gasteiger partial charge is 0.351 e. The van der Waals surface area contributed by atoms with E-state index in [1.54, 1.807) is 12.4 Å². The predicted octanol–water partition coefficient (Wildman–Crippen LogP) is 3.29. The van der Waals surface area contributed by atoms with Gasteiger partial charge in [0.2, 0.25) is 0 Å². The van der Waals surface area contributed by atoms with Crippen molar-refractivity contribution in [1.82, 2.24) is 9.97 Å². The molecular weight excluding hydrogens is 234 g/mol. The van der Waals surface area contributed by atoms with E-state index in [0.717, 1.165) is 18.3 Å². The molecule has 1 aromatic rings. The number of hydrogen-bond acceptors (Lipinski definition) is 3. The molecule has 0 bridgehead atoms. The van der Waals surface area contributed by atoms with Crippen LogP contribution in [-0.4, -0.2) is 22.6 Å². The molecule has 0 aromatic carbocycles. The van der Waals surface area contributed by atoms with Crippen molar-refractivity contribution >= 4 is 17.4 Å². The fourth-order valence-corrected chi connectivity index (χ4v) is 3.61. The lowest BCUT2D eigenvalue weighted by Gasteiger charge is -2.30. The van der Waals surface area contributed by atoms with Crippen molar-refractivity contribution in [3.05, 3.63) is 17.5 Å². The van der Waals surface area contributed by atoms with Crippen molar-refractivity contribution in [2.24, 2.45) is 5.92 Å². The molecule has 1 atom stereocenters. The summed E-state index contributed by atoms with van der Waals surface area (Å²) in [7, 11) is 0. The van der Waals surface area contributed by atoms with Crippen molar-refractivity contribution in [2.75, 3.05) is 11.4 Å². The minimum Gasteiger partial charge on any atom is -0.351 e. The third-order valence-corrected chi connectivity index (χ3v) is 4.42. The van der Waals surface area contributed by atoms with E-state index in [4.69, 9.17) is 11.6 Å². The van der Waals surface area contributed by atoms with Gasteiger partial charge in [-0.25, -0.2) is 9.97 Å². The Morgan fingerprint density at radius 3 is 2.59 bits per heavy atom. The summed E-state index contributed by atoms with van der Waals surface area (Å²) in [6.45, 7) is 1.08. The molecule has 3 nitrogen and oxygen atoms in total. The zero-order valence-electron chi connectivity index (χ0n) is 9.98. The van der Waals surface area contributed by atoms with E-state index in [0.29, 0.717) is 11.2 Å². The SMILES string of the molecule is Clc1nccnc1N1CCCC1C1CCCC1. The molecule has 1 aromatic heterocycles. The first-order valence-corrected chi connectivity index (χ1v) is 6.97. The van der Waals surface area contributed by atoms with Crippen LogP contribution in [0.25, 0.3) is 0 Å². The maximum absolute atomic E-state index is 6.16. The molecule has 92 valence electrons. The molecule has 1 saturated heterocycles. The first-order valence-electron chi connectivity index (χ1n) is 6.59. The van der Waals surface area contributed by atoms with Gasteiger partial charge in [0, 0.05) is 25.0 Å². The maximum Gasteiger partial charge on any atom is 0.171 e. The lowest BCUT2D eigenvalue weighted by Crippen LogP contribution is -2.35. The number of hydrogen-bond donors (Lipinski definition) is 0. The Morgan fingerprint density at radius 2 is 1.82 bits per heavy atom. The first-order chi connectivity index (χ1) is 8.36. The molecule has 3 rings (SSSR count). The fraction of sp³-hybridized carbons (Fsp3) is 0.692. The fourth-order valence-electron chi connectivity index (χ4n) is 3.39. The monoisotopic (exact) mass is 251 g/mol. The van der Waals surface area contributed by atoms with Gasteiger partial charge in [0.1, 0.15) is 0 Å². The zero-order chi connectivity index (χ0) is 11.7. The van der Waals surface area contributed by atoms with Gasteiger partial charge in [0.15, 0.2) is 11.0 Å². The standard InChI is InChI=1S/C13H18ClN3/c14-12-13(16-8-7-15-12)17-9-3-6-11(17)10-4-1-2-5-10/h7-8,10-11H,1-6,9H2. The van der Waals surface area contributed by atoms with Crippen LogP contribution in [0.3, 0.4) is 0 Å². The summed E-state index contributed by atoms with van der Waals surface area (Å²) in [5, 5.41) is 0.553. The van der Waals surface area contributed by atoms with E-state index in [9.17, 15) is 0 Å². The highest BCUT2D eigenvalue weighted by Gasteiger charge is 2.34. The van der Waals surface area contributed by atoms with E-state index < -0.39 is 0 Å². The number of anilines is 1. The second kappa shape index (κ2) is 4.81. The Morgan fingerprint density at radius 1 is 1.06 bits per heavy atom. The smallest absolute Gasteiger partial charge is 0.171 e. The van der Waals surface area contributed by atoms with E-state index >= 15 is 0 Å². The molecule has 0 amide bonds. The van der Waals surface area contributed by atoms with Crippen molar-refractivity contribution in [3.63, 3.8) is 0 Å². The van der Waals surface area contributed by atoms with Crippen LogP contribution in [-0.2, 0) is 0 Å². The molecule has 2 heterocycles. The summed E-state index contributed by atoms with van der Waals surface area (Å²) in [4.78, 5) is 11.0. The lowest BCUT2D eigenvalue weighted by atomic mass is 9.96. The molecule has 0 radical (unpaired) electrons. The average molecular weight is 252 g/mol. The summed E-state index contributed by atoms with van der Waals surface area (Å²) in [5.74, 6) is 1.74. The van der Waals surface area contributed by atoms with E-state index in [1.165, 1.54) is 38.5 Å². The van der Waals surface area contributed by atoms with Crippen LogP contribution in [0.15, 0.2) is 12.4 Å². The van der Waals surface area contributed by atoms with Crippen molar-refractivity contribution < 1.29 is 0 Å². The molecule has 17 heavy (non-hydrogen) atoms. The van der Waals surface area contributed by atoms with E-state index in [-0.39, 0.29) is 0 Å². The van der Waals surface area contributed by atoms with Gasteiger partial charge < -0.3 is 4.90 Å².